The first-order valence-electron chi connectivity index (χ1n) is 6.29. The van der Waals surface area contributed by atoms with E-state index in [1.54, 1.807) is 13.8 Å². The van der Waals surface area contributed by atoms with Gasteiger partial charge in [0.15, 0.2) is 0 Å². The molecule has 0 aromatic heterocycles. The first kappa shape index (κ1) is 17.2. The Morgan fingerprint density at radius 3 is 2.16 bits per heavy atom. The van der Waals surface area contributed by atoms with Gasteiger partial charge in [-0.3, -0.25) is 9.59 Å². The quantitative estimate of drug-likeness (QED) is 0.594. The second kappa shape index (κ2) is 7.60. The van der Waals surface area contributed by atoms with E-state index >= 15 is 0 Å². The monoisotopic (exact) mass is 273 g/mol. The van der Waals surface area contributed by atoms with Crippen LogP contribution in [0.1, 0.15) is 33.1 Å². The van der Waals surface area contributed by atoms with E-state index < -0.39 is 23.3 Å². The smallest absolute Gasteiger partial charge is 0.317 e. The van der Waals surface area contributed by atoms with E-state index in [0.717, 1.165) is 0 Å². The number of nitrogens with two attached hydrogens (primary N) is 1. The lowest BCUT2D eigenvalue weighted by atomic mass is 9.82. The minimum Gasteiger partial charge on any atom is -0.481 e. The number of carbonyl (C=O) groups excluding carboxylic acids is 2. The lowest BCUT2D eigenvalue weighted by molar-refractivity contribution is -0.149. The molecule has 0 radical (unpaired) electrons. The summed E-state index contributed by atoms with van der Waals surface area (Å²) in [5.74, 6) is -1.40. The maximum absolute atomic E-state index is 11.7. The van der Waals surface area contributed by atoms with Crippen molar-refractivity contribution in [3.63, 3.8) is 0 Å². The van der Waals surface area contributed by atoms with Crippen LogP contribution in [-0.2, 0) is 9.59 Å². The standard InChI is InChI=1S/C12H23N3O4/c1-4-12(5-2,10(17)18)8-14-11(19)15(3)7-6-9(13)16/h4-8H2,1-3H3,(H2,13,16)(H,14,19)(H,17,18). The number of carboxylic acids is 1. The van der Waals surface area contributed by atoms with Gasteiger partial charge in [-0.25, -0.2) is 4.79 Å². The highest BCUT2D eigenvalue weighted by atomic mass is 16.4. The molecule has 0 rings (SSSR count). The van der Waals surface area contributed by atoms with Crippen molar-refractivity contribution in [2.75, 3.05) is 20.1 Å². The second-order valence-electron chi connectivity index (χ2n) is 4.59. The highest BCUT2D eigenvalue weighted by Gasteiger charge is 2.35. The summed E-state index contributed by atoms with van der Waals surface area (Å²) in [6.45, 7) is 3.83. The van der Waals surface area contributed by atoms with Gasteiger partial charge in [0, 0.05) is 26.6 Å². The average molecular weight is 273 g/mol. The summed E-state index contributed by atoms with van der Waals surface area (Å²) < 4.78 is 0. The number of amides is 3. The van der Waals surface area contributed by atoms with Gasteiger partial charge < -0.3 is 21.1 Å². The van der Waals surface area contributed by atoms with E-state index in [9.17, 15) is 19.5 Å². The molecule has 0 aliphatic rings. The molecule has 0 saturated heterocycles. The number of nitrogens with zero attached hydrogens (tertiary/aromatic N) is 1. The van der Waals surface area contributed by atoms with Crippen molar-refractivity contribution in [3.8, 4) is 0 Å². The number of hydrogen-bond acceptors (Lipinski definition) is 3. The number of primary amides is 1. The third-order valence-corrected chi connectivity index (χ3v) is 3.43. The number of nitrogens with one attached hydrogen (secondary N) is 1. The molecule has 0 bridgehead atoms. The Hall–Kier alpha value is -1.79. The van der Waals surface area contributed by atoms with Crippen LogP contribution >= 0.6 is 0 Å². The number of hydrogen-bond donors (Lipinski definition) is 3. The lowest BCUT2D eigenvalue weighted by Crippen LogP contribution is -2.46. The molecule has 0 unspecified atom stereocenters. The van der Waals surface area contributed by atoms with E-state index in [2.05, 4.69) is 5.32 Å². The Morgan fingerprint density at radius 2 is 1.79 bits per heavy atom. The van der Waals surface area contributed by atoms with Gasteiger partial charge in [-0.1, -0.05) is 13.8 Å². The summed E-state index contributed by atoms with van der Waals surface area (Å²) in [6, 6.07) is -0.409. The highest BCUT2D eigenvalue weighted by molar-refractivity contribution is 5.79. The molecule has 0 heterocycles. The number of carboxylic acid groups (broad SMARTS) is 1. The van der Waals surface area contributed by atoms with Crippen LogP contribution in [0.4, 0.5) is 4.79 Å². The van der Waals surface area contributed by atoms with Crippen LogP contribution in [-0.4, -0.2) is 48.1 Å². The normalized spacial score (nSPS) is 10.9. The molecule has 0 atom stereocenters. The minimum atomic E-state index is -0.944. The minimum absolute atomic E-state index is 0.0646. The van der Waals surface area contributed by atoms with Crippen molar-refractivity contribution >= 4 is 17.9 Å². The van der Waals surface area contributed by atoms with Crippen LogP contribution in [0.5, 0.6) is 0 Å². The summed E-state index contributed by atoms with van der Waals surface area (Å²) >= 11 is 0. The van der Waals surface area contributed by atoms with Gasteiger partial charge in [-0.15, -0.1) is 0 Å². The first-order chi connectivity index (χ1) is 8.79. The number of rotatable bonds is 8. The summed E-state index contributed by atoms with van der Waals surface area (Å²) in [6.07, 6.45) is 0.948. The van der Waals surface area contributed by atoms with Crippen molar-refractivity contribution in [2.24, 2.45) is 11.1 Å². The van der Waals surface area contributed by atoms with Crippen LogP contribution < -0.4 is 11.1 Å². The molecule has 0 aliphatic carbocycles. The van der Waals surface area contributed by atoms with Crippen LogP contribution in [0.15, 0.2) is 0 Å². The fourth-order valence-electron chi connectivity index (χ4n) is 1.64. The van der Waals surface area contributed by atoms with E-state index in [4.69, 9.17) is 5.73 Å². The fraction of sp³-hybridized carbons (Fsp3) is 0.750. The van der Waals surface area contributed by atoms with Crippen molar-refractivity contribution in [3.05, 3.63) is 0 Å². The zero-order valence-corrected chi connectivity index (χ0v) is 11.7. The van der Waals surface area contributed by atoms with Gasteiger partial charge in [-0.2, -0.15) is 0 Å². The van der Waals surface area contributed by atoms with Gasteiger partial charge in [0.1, 0.15) is 0 Å². The van der Waals surface area contributed by atoms with Crippen molar-refractivity contribution in [2.45, 2.75) is 33.1 Å². The zero-order chi connectivity index (χ0) is 15.1. The number of urea groups is 1. The van der Waals surface area contributed by atoms with Gasteiger partial charge in [0.2, 0.25) is 5.91 Å². The van der Waals surface area contributed by atoms with Crippen molar-refractivity contribution in [1.29, 1.82) is 0 Å². The van der Waals surface area contributed by atoms with E-state index in [-0.39, 0.29) is 19.5 Å². The third-order valence-electron chi connectivity index (χ3n) is 3.43. The molecule has 3 amide bonds. The number of carbonyl (C=O) groups is 3. The maximum Gasteiger partial charge on any atom is 0.317 e. The Balaban J connectivity index is 4.40. The molecule has 0 aromatic carbocycles. The Kier molecular flexibility index (Phi) is 6.89. The van der Waals surface area contributed by atoms with Crippen LogP contribution in [0, 0.1) is 5.41 Å². The summed E-state index contributed by atoms with van der Waals surface area (Å²) in [5, 5.41) is 11.8. The Labute approximate surface area is 113 Å². The molecule has 0 aliphatic heterocycles. The predicted molar refractivity (Wildman–Crippen MR) is 70.5 cm³/mol. The van der Waals surface area contributed by atoms with Gasteiger partial charge >= 0.3 is 12.0 Å². The highest BCUT2D eigenvalue weighted by Crippen LogP contribution is 2.25. The third kappa shape index (κ3) is 5.15. The SMILES string of the molecule is CCC(CC)(CNC(=O)N(C)CCC(N)=O)C(=O)O. The Bertz CT molecular complexity index is 340. The zero-order valence-electron chi connectivity index (χ0n) is 11.7. The molecule has 4 N–H and O–H groups in total. The molecule has 0 saturated carbocycles. The predicted octanol–water partition coefficient (Wildman–Crippen LogP) is 0.394. The second-order valence-corrected chi connectivity index (χ2v) is 4.59. The Morgan fingerprint density at radius 1 is 1.26 bits per heavy atom. The van der Waals surface area contributed by atoms with Gasteiger partial charge in [-0.05, 0) is 12.8 Å². The lowest BCUT2D eigenvalue weighted by Gasteiger charge is -2.28. The molecule has 0 fully saturated rings. The van der Waals surface area contributed by atoms with Crippen molar-refractivity contribution in [1.82, 2.24) is 10.2 Å². The largest absolute Gasteiger partial charge is 0.481 e. The summed E-state index contributed by atoms with van der Waals surface area (Å²) in [7, 11) is 1.53. The number of aliphatic carboxylic acids is 1. The summed E-state index contributed by atoms with van der Waals surface area (Å²) in [4.78, 5) is 34.9. The van der Waals surface area contributed by atoms with Gasteiger partial charge in [0.25, 0.3) is 0 Å². The maximum atomic E-state index is 11.7. The molecule has 7 nitrogen and oxygen atoms in total. The van der Waals surface area contributed by atoms with E-state index in [1.807, 2.05) is 0 Å². The average Bonchev–Trinajstić information content (AvgIpc) is 2.36. The molecule has 7 heteroatoms. The van der Waals surface area contributed by atoms with Crippen LogP contribution in [0.25, 0.3) is 0 Å². The molecule has 0 aromatic rings. The van der Waals surface area contributed by atoms with Crippen molar-refractivity contribution < 1.29 is 19.5 Å². The topological polar surface area (TPSA) is 113 Å². The molecule has 19 heavy (non-hydrogen) atoms. The van der Waals surface area contributed by atoms with Crippen LogP contribution in [0.3, 0.4) is 0 Å². The molecular weight excluding hydrogens is 250 g/mol. The van der Waals surface area contributed by atoms with Crippen LogP contribution in [0.2, 0.25) is 0 Å². The first-order valence-corrected chi connectivity index (χ1v) is 6.29. The fourth-order valence-corrected chi connectivity index (χ4v) is 1.64. The molecular formula is C12H23N3O4. The molecule has 0 spiro atoms. The summed E-state index contributed by atoms with van der Waals surface area (Å²) in [5.41, 5.74) is 4.05. The van der Waals surface area contributed by atoms with E-state index in [1.165, 1.54) is 11.9 Å². The van der Waals surface area contributed by atoms with E-state index in [0.29, 0.717) is 12.8 Å². The molecule has 110 valence electrons. The van der Waals surface area contributed by atoms with Gasteiger partial charge in [0.05, 0.1) is 5.41 Å².